The van der Waals surface area contributed by atoms with E-state index in [1.165, 1.54) is 4.90 Å². The number of likely N-dealkylation sites (N-methyl/N-ethyl adjacent to an activating group) is 1. The van der Waals surface area contributed by atoms with Gasteiger partial charge in [-0.25, -0.2) is 4.79 Å². The Morgan fingerprint density at radius 2 is 1.79 bits per heavy atom. The second-order valence-corrected chi connectivity index (χ2v) is 7.82. The number of imide groups is 1. The maximum atomic E-state index is 13.0. The lowest BCUT2D eigenvalue weighted by atomic mass is 9.81. The van der Waals surface area contributed by atoms with Gasteiger partial charge in [0.15, 0.2) is 0 Å². The predicted octanol–water partition coefficient (Wildman–Crippen LogP) is 3.18. The van der Waals surface area contributed by atoms with Gasteiger partial charge in [0.05, 0.1) is 6.54 Å². The van der Waals surface area contributed by atoms with Crippen LogP contribution in [0.25, 0.3) is 10.8 Å². The molecular weight excluding hydrogens is 356 g/mol. The van der Waals surface area contributed by atoms with E-state index in [1.807, 2.05) is 42.5 Å². The monoisotopic (exact) mass is 382 g/mol. The van der Waals surface area contributed by atoms with Gasteiger partial charge in [0.25, 0.3) is 5.91 Å². The number of nitrogens with zero attached hydrogens (tertiary/aromatic N) is 2. The zero-order valence-electron chi connectivity index (χ0n) is 16.1. The van der Waals surface area contributed by atoms with Gasteiger partial charge in [0.2, 0.25) is 0 Å². The van der Waals surface area contributed by atoms with Crippen molar-refractivity contribution in [2.75, 3.05) is 20.2 Å². The molecule has 0 aromatic heterocycles. The van der Waals surface area contributed by atoms with Crippen molar-refractivity contribution in [3.63, 3.8) is 0 Å². The second-order valence-electron chi connectivity index (χ2n) is 7.82. The SMILES string of the molecule is CN1C(=O)N(CC(O)COc2ccc3ccccc3c2)C(=O)C12CCCCC2. The number of aliphatic hydroxyl groups is 1. The fourth-order valence-corrected chi connectivity index (χ4v) is 4.41. The van der Waals surface area contributed by atoms with E-state index < -0.39 is 11.6 Å². The van der Waals surface area contributed by atoms with E-state index in [1.54, 1.807) is 11.9 Å². The fourth-order valence-electron chi connectivity index (χ4n) is 4.41. The quantitative estimate of drug-likeness (QED) is 0.807. The average Bonchev–Trinajstić information content (AvgIpc) is 2.89. The summed E-state index contributed by atoms with van der Waals surface area (Å²) in [4.78, 5) is 28.4. The van der Waals surface area contributed by atoms with Gasteiger partial charge in [-0.1, -0.05) is 49.6 Å². The number of carbonyl (C=O) groups excluding carboxylic acids is 2. The van der Waals surface area contributed by atoms with E-state index >= 15 is 0 Å². The summed E-state index contributed by atoms with van der Waals surface area (Å²) in [5.74, 6) is 0.474. The molecule has 3 amide bonds. The topological polar surface area (TPSA) is 70.1 Å². The Kier molecular flexibility index (Phi) is 4.98. The van der Waals surface area contributed by atoms with E-state index in [-0.39, 0.29) is 25.1 Å². The largest absolute Gasteiger partial charge is 0.491 e. The fraction of sp³-hybridized carbons (Fsp3) is 0.455. The first-order valence-corrected chi connectivity index (χ1v) is 9.91. The Bertz CT molecular complexity index is 891. The number of rotatable bonds is 5. The highest BCUT2D eigenvalue weighted by atomic mass is 16.5. The van der Waals surface area contributed by atoms with Crippen molar-refractivity contribution in [3.05, 3.63) is 42.5 Å². The van der Waals surface area contributed by atoms with Gasteiger partial charge in [-0.2, -0.15) is 0 Å². The molecule has 2 aromatic carbocycles. The number of hydrogen-bond acceptors (Lipinski definition) is 4. The molecule has 1 aliphatic heterocycles. The lowest BCUT2D eigenvalue weighted by molar-refractivity contribution is -0.135. The third-order valence-electron chi connectivity index (χ3n) is 6.04. The van der Waals surface area contributed by atoms with E-state index in [0.29, 0.717) is 18.6 Å². The van der Waals surface area contributed by atoms with Crippen LogP contribution in [-0.2, 0) is 4.79 Å². The summed E-state index contributed by atoms with van der Waals surface area (Å²) < 4.78 is 5.71. The third-order valence-corrected chi connectivity index (χ3v) is 6.04. The zero-order chi connectivity index (χ0) is 19.7. The molecule has 1 atom stereocenters. The van der Waals surface area contributed by atoms with Gasteiger partial charge in [0.1, 0.15) is 24.0 Å². The number of benzene rings is 2. The van der Waals surface area contributed by atoms with Crippen LogP contribution in [0.5, 0.6) is 5.75 Å². The minimum Gasteiger partial charge on any atom is -0.491 e. The third kappa shape index (κ3) is 3.22. The lowest BCUT2D eigenvalue weighted by Crippen LogP contribution is -2.49. The van der Waals surface area contributed by atoms with E-state index in [0.717, 1.165) is 30.0 Å². The molecule has 1 aliphatic carbocycles. The Labute approximate surface area is 164 Å². The molecule has 0 bridgehead atoms. The molecule has 0 radical (unpaired) electrons. The molecule has 6 nitrogen and oxygen atoms in total. The molecule has 2 aromatic rings. The molecule has 1 saturated carbocycles. The first kappa shape index (κ1) is 18.7. The summed E-state index contributed by atoms with van der Waals surface area (Å²) >= 11 is 0. The lowest BCUT2D eigenvalue weighted by Gasteiger charge is -2.35. The molecule has 1 saturated heterocycles. The van der Waals surface area contributed by atoms with E-state index in [9.17, 15) is 14.7 Å². The molecule has 6 heteroatoms. The second kappa shape index (κ2) is 7.43. The zero-order valence-corrected chi connectivity index (χ0v) is 16.1. The van der Waals surface area contributed by atoms with Crippen molar-refractivity contribution < 1.29 is 19.4 Å². The van der Waals surface area contributed by atoms with Crippen molar-refractivity contribution in [2.45, 2.75) is 43.7 Å². The molecular formula is C22H26N2O4. The minimum absolute atomic E-state index is 0.0200. The Morgan fingerprint density at radius 1 is 1.07 bits per heavy atom. The van der Waals surface area contributed by atoms with Crippen molar-refractivity contribution in [2.24, 2.45) is 0 Å². The molecule has 1 heterocycles. The van der Waals surface area contributed by atoms with Crippen LogP contribution in [-0.4, -0.2) is 58.7 Å². The normalized spacial score (nSPS) is 20.2. The smallest absolute Gasteiger partial charge is 0.327 e. The average molecular weight is 382 g/mol. The van der Waals surface area contributed by atoms with Crippen LogP contribution in [0.4, 0.5) is 4.79 Å². The summed E-state index contributed by atoms with van der Waals surface area (Å²) in [5, 5.41) is 12.6. The van der Waals surface area contributed by atoms with Gasteiger partial charge in [-0.15, -0.1) is 0 Å². The Hall–Kier alpha value is -2.60. The molecule has 148 valence electrons. The van der Waals surface area contributed by atoms with Crippen LogP contribution in [0.3, 0.4) is 0 Å². The molecule has 1 N–H and O–H groups in total. The van der Waals surface area contributed by atoms with Crippen molar-refractivity contribution in [1.82, 2.24) is 9.80 Å². The van der Waals surface area contributed by atoms with Crippen LogP contribution in [0.2, 0.25) is 0 Å². The number of fused-ring (bicyclic) bond motifs is 1. The van der Waals surface area contributed by atoms with Gasteiger partial charge in [-0.3, -0.25) is 9.69 Å². The molecule has 1 unspecified atom stereocenters. The van der Waals surface area contributed by atoms with Crippen molar-refractivity contribution >= 4 is 22.7 Å². The predicted molar refractivity (Wildman–Crippen MR) is 106 cm³/mol. The summed E-state index contributed by atoms with van der Waals surface area (Å²) in [6.45, 7) is -0.0244. The summed E-state index contributed by atoms with van der Waals surface area (Å²) in [6, 6.07) is 13.4. The highest BCUT2D eigenvalue weighted by molar-refractivity contribution is 6.07. The molecule has 2 aliphatic rings. The molecule has 28 heavy (non-hydrogen) atoms. The number of amides is 3. The summed E-state index contributed by atoms with van der Waals surface area (Å²) in [5.41, 5.74) is -0.714. The minimum atomic E-state index is -0.938. The molecule has 1 spiro atoms. The number of ether oxygens (including phenoxy) is 1. The van der Waals surface area contributed by atoms with Crippen LogP contribution >= 0.6 is 0 Å². The summed E-state index contributed by atoms with van der Waals surface area (Å²) in [7, 11) is 1.70. The van der Waals surface area contributed by atoms with Crippen LogP contribution < -0.4 is 4.74 Å². The van der Waals surface area contributed by atoms with Crippen LogP contribution in [0.1, 0.15) is 32.1 Å². The number of hydrogen-bond donors (Lipinski definition) is 1. The van der Waals surface area contributed by atoms with Crippen LogP contribution in [0, 0.1) is 0 Å². The maximum absolute atomic E-state index is 13.0. The maximum Gasteiger partial charge on any atom is 0.327 e. The molecule has 4 rings (SSSR count). The van der Waals surface area contributed by atoms with Gasteiger partial charge in [0, 0.05) is 7.05 Å². The molecule has 2 fully saturated rings. The van der Waals surface area contributed by atoms with Gasteiger partial charge < -0.3 is 14.7 Å². The standard InChI is InChI=1S/C22H26N2O4/c1-23-21(27)24(20(26)22(23)11-5-2-6-12-22)14-18(25)15-28-19-10-9-16-7-3-4-8-17(16)13-19/h3-4,7-10,13,18,25H,2,5-6,11-12,14-15H2,1H3. The highest BCUT2D eigenvalue weighted by Gasteiger charge is 2.55. The highest BCUT2D eigenvalue weighted by Crippen LogP contribution is 2.39. The Morgan fingerprint density at radius 3 is 2.54 bits per heavy atom. The van der Waals surface area contributed by atoms with Crippen LogP contribution in [0.15, 0.2) is 42.5 Å². The number of β-amino-alcohol motifs (C(OH)–C–C–N with tert-alkyl or cyclic N) is 1. The first-order valence-electron chi connectivity index (χ1n) is 9.91. The summed E-state index contributed by atoms with van der Waals surface area (Å²) in [6.07, 6.45) is 3.46. The Balaban J connectivity index is 1.39. The van der Waals surface area contributed by atoms with E-state index in [2.05, 4.69) is 0 Å². The van der Waals surface area contributed by atoms with E-state index in [4.69, 9.17) is 4.74 Å². The van der Waals surface area contributed by atoms with Gasteiger partial charge >= 0.3 is 6.03 Å². The van der Waals surface area contributed by atoms with Gasteiger partial charge in [-0.05, 0) is 35.7 Å². The van der Waals surface area contributed by atoms with Crippen molar-refractivity contribution in [3.8, 4) is 5.75 Å². The number of urea groups is 1. The number of aliphatic hydroxyl groups excluding tert-OH is 1. The van der Waals surface area contributed by atoms with Crippen molar-refractivity contribution in [1.29, 1.82) is 0 Å². The number of carbonyl (C=O) groups is 2. The first-order chi connectivity index (χ1) is 13.5.